The molecule has 0 radical (unpaired) electrons. The molecule has 1 aromatic carbocycles. The minimum absolute atomic E-state index is 0.285. The number of nitrogens with one attached hydrogen (secondary N) is 1. The minimum Gasteiger partial charge on any atom is -0.383 e. The largest absolute Gasteiger partial charge is 0.383 e. The fourth-order valence-electron chi connectivity index (χ4n) is 1.61. The summed E-state index contributed by atoms with van der Waals surface area (Å²) in [5, 5.41) is 2.99. The molecule has 1 nitrogen and oxygen atoms in total. The highest BCUT2D eigenvalue weighted by Crippen LogP contribution is 2.23. The Morgan fingerprint density at radius 1 is 1.06 bits per heavy atom. The van der Waals surface area contributed by atoms with Gasteiger partial charge in [-0.25, -0.2) is 8.78 Å². The van der Waals surface area contributed by atoms with Crippen LogP contribution >= 0.6 is 15.9 Å². The second-order valence-corrected chi connectivity index (χ2v) is 4.94. The molecule has 0 amide bonds. The van der Waals surface area contributed by atoms with Crippen LogP contribution in [0.2, 0.25) is 0 Å². The number of anilines is 1. The highest BCUT2D eigenvalue weighted by atomic mass is 79.9. The molecule has 0 aliphatic carbocycles. The van der Waals surface area contributed by atoms with E-state index in [0.29, 0.717) is 5.69 Å². The number of hydrogen-bond donors (Lipinski definition) is 1. The van der Waals surface area contributed by atoms with Gasteiger partial charge in [0.05, 0.1) is 10.2 Å². The van der Waals surface area contributed by atoms with Gasteiger partial charge in [-0.05, 0) is 28.4 Å². The van der Waals surface area contributed by atoms with E-state index in [2.05, 4.69) is 28.2 Å². The van der Waals surface area contributed by atoms with Crippen LogP contribution < -0.4 is 5.32 Å². The van der Waals surface area contributed by atoms with Gasteiger partial charge in [0.25, 0.3) is 0 Å². The van der Waals surface area contributed by atoms with Gasteiger partial charge in [0, 0.05) is 12.6 Å². The Morgan fingerprint density at radius 2 is 1.76 bits per heavy atom. The standard InChI is InChI=1S/C13H18BrF2N/c1-2-3-4-5-6-7-17-13-8-10(14)11(15)9-12(13)16/h8-9,17H,2-7H2,1H3. The molecule has 17 heavy (non-hydrogen) atoms. The van der Waals surface area contributed by atoms with Crippen molar-refractivity contribution in [1.82, 2.24) is 0 Å². The van der Waals surface area contributed by atoms with E-state index in [4.69, 9.17) is 0 Å². The average molecular weight is 306 g/mol. The van der Waals surface area contributed by atoms with Crippen LogP contribution in [0.25, 0.3) is 0 Å². The van der Waals surface area contributed by atoms with Gasteiger partial charge in [-0.3, -0.25) is 0 Å². The number of hydrogen-bond acceptors (Lipinski definition) is 1. The molecule has 4 heteroatoms. The third-order valence-electron chi connectivity index (χ3n) is 2.61. The van der Waals surface area contributed by atoms with Crippen LogP contribution in [0, 0.1) is 11.6 Å². The van der Waals surface area contributed by atoms with Gasteiger partial charge in [-0.15, -0.1) is 0 Å². The van der Waals surface area contributed by atoms with Gasteiger partial charge < -0.3 is 5.32 Å². The molecule has 1 N–H and O–H groups in total. The molecule has 0 unspecified atom stereocenters. The summed E-state index contributed by atoms with van der Waals surface area (Å²) >= 11 is 3.04. The molecule has 0 saturated heterocycles. The van der Waals surface area contributed by atoms with Crippen molar-refractivity contribution in [2.24, 2.45) is 0 Å². The molecule has 0 fully saturated rings. The summed E-state index contributed by atoms with van der Waals surface area (Å²) in [5.41, 5.74) is 0.355. The van der Waals surface area contributed by atoms with Crippen molar-refractivity contribution >= 4 is 21.6 Å². The first-order valence-electron chi connectivity index (χ1n) is 6.03. The van der Waals surface area contributed by atoms with Crippen LogP contribution in [0.4, 0.5) is 14.5 Å². The third kappa shape index (κ3) is 5.02. The summed E-state index contributed by atoms with van der Waals surface area (Å²) in [6.07, 6.45) is 5.83. The van der Waals surface area contributed by atoms with Gasteiger partial charge in [-0.2, -0.15) is 0 Å². The van der Waals surface area contributed by atoms with Gasteiger partial charge in [0.1, 0.15) is 11.6 Å². The van der Waals surface area contributed by atoms with Crippen LogP contribution in [0.3, 0.4) is 0 Å². The Morgan fingerprint density at radius 3 is 2.47 bits per heavy atom. The van der Waals surface area contributed by atoms with E-state index in [1.807, 2.05) is 0 Å². The predicted molar refractivity (Wildman–Crippen MR) is 71.3 cm³/mol. The molecule has 0 bridgehead atoms. The van der Waals surface area contributed by atoms with Crippen molar-refractivity contribution in [3.05, 3.63) is 28.2 Å². The molecule has 0 aromatic heterocycles. The van der Waals surface area contributed by atoms with Crippen molar-refractivity contribution in [3.8, 4) is 0 Å². The predicted octanol–water partition coefficient (Wildman–Crippen LogP) is 5.11. The van der Waals surface area contributed by atoms with Crippen LogP contribution in [0.15, 0.2) is 16.6 Å². The highest BCUT2D eigenvalue weighted by molar-refractivity contribution is 9.10. The minimum atomic E-state index is -0.573. The van der Waals surface area contributed by atoms with E-state index in [-0.39, 0.29) is 4.47 Å². The van der Waals surface area contributed by atoms with Crippen molar-refractivity contribution in [3.63, 3.8) is 0 Å². The maximum absolute atomic E-state index is 13.3. The van der Waals surface area contributed by atoms with E-state index in [0.717, 1.165) is 25.5 Å². The van der Waals surface area contributed by atoms with Gasteiger partial charge in [0.2, 0.25) is 0 Å². The summed E-state index contributed by atoms with van der Waals surface area (Å²) in [5.74, 6) is -1.12. The second-order valence-electron chi connectivity index (χ2n) is 4.09. The Kier molecular flexibility index (Phi) is 6.48. The molecular formula is C13H18BrF2N. The molecule has 0 spiro atoms. The Hall–Kier alpha value is -0.640. The molecule has 96 valence electrons. The fraction of sp³-hybridized carbons (Fsp3) is 0.538. The second kappa shape index (κ2) is 7.64. The van der Waals surface area contributed by atoms with Crippen LogP contribution in [0.1, 0.15) is 39.0 Å². The van der Waals surface area contributed by atoms with Crippen LogP contribution in [-0.2, 0) is 0 Å². The Labute approximate surface area is 110 Å². The van der Waals surface area contributed by atoms with Gasteiger partial charge >= 0.3 is 0 Å². The first-order valence-corrected chi connectivity index (χ1v) is 6.83. The van der Waals surface area contributed by atoms with Crippen molar-refractivity contribution in [2.75, 3.05) is 11.9 Å². The number of unbranched alkanes of at least 4 members (excludes halogenated alkanes) is 4. The summed E-state index contributed by atoms with van der Waals surface area (Å²) < 4.78 is 26.6. The van der Waals surface area contributed by atoms with E-state index >= 15 is 0 Å². The molecule has 0 aliphatic rings. The summed E-state index contributed by atoms with van der Waals surface area (Å²) in [7, 11) is 0. The molecular weight excluding hydrogens is 288 g/mol. The highest BCUT2D eigenvalue weighted by Gasteiger charge is 2.07. The topological polar surface area (TPSA) is 12.0 Å². The lowest BCUT2D eigenvalue weighted by Gasteiger charge is -2.08. The lowest BCUT2D eigenvalue weighted by atomic mass is 10.1. The average Bonchev–Trinajstić information content (AvgIpc) is 2.30. The molecule has 0 heterocycles. The molecule has 1 aromatic rings. The Balaban J connectivity index is 2.34. The smallest absolute Gasteiger partial charge is 0.149 e. The normalized spacial score (nSPS) is 10.6. The zero-order valence-corrected chi connectivity index (χ0v) is 11.6. The maximum atomic E-state index is 13.3. The quantitative estimate of drug-likeness (QED) is 0.545. The third-order valence-corrected chi connectivity index (χ3v) is 3.21. The van der Waals surface area contributed by atoms with E-state index in [9.17, 15) is 8.78 Å². The van der Waals surface area contributed by atoms with E-state index in [1.54, 1.807) is 0 Å². The van der Waals surface area contributed by atoms with E-state index in [1.165, 1.54) is 25.3 Å². The van der Waals surface area contributed by atoms with Crippen molar-refractivity contribution < 1.29 is 8.78 Å². The fourth-order valence-corrected chi connectivity index (χ4v) is 1.95. The SMILES string of the molecule is CCCCCCCNc1cc(Br)c(F)cc1F. The number of benzene rings is 1. The van der Waals surface area contributed by atoms with Gasteiger partial charge in [-0.1, -0.05) is 32.6 Å². The van der Waals surface area contributed by atoms with Crippen molar-refractivity contribution in [2.45, 2.75) is 39.0 Å². The molecule has 1 rings (SSSR count). The molecule has 0 atom stereocenters. The summed E-state index contributed by atoms with van der Waals surface area (Å²) in [6.45, 7) is 2.89. The number of halogens is 3. The van der Waals surface area contributed by atoms with Crippen molar-refractivity contribution in [1.29, 1.82) is 0 Å². The zero-order chi connectivity index (χ0) is 12.7. The molecule has 0 saturated carbocycles. The first kappa shape index (κ1) is 14.4. The monoisotopic (exact) mass is 305 g/mol. The molecule has 0 aliphatic heterocycles. The summed E-state index contributed by atoms with van der Waals surface area (Å²) in [4.78, 5) is 0. The zero-order valence-electron chi connectivity index (χ0n) is 10.0. The van der Waals surface area contributed by atoms with E-state index < -0.39 is 11.6 Å². The van der Waals surface area contributed by atoms with Gasteiger partial charge in [0.15, 0.2) is 0 Å². The summed E-state index contributed by atoms with van der Waals surface area (Å²) in [6, 6.07) is 2.33. The lowest BCUT2D eigenvalue weighted by Crippen LogP contribution is -2.04. The first-order chi connectivity index (χ1) is 8.15. The lowest BCUT2D eigenvalue weighted by molar-refractivity contribution is 0.579. The number of rotatable bonds is 7. The maximum Gasteiger partial charge on any atom is 0.149 e. The van der Waals surface area contributed by atoms with Crippen LogP contribution in [0.5, 0.6) is 0 Å². The van der Waals surface area contributed by atoms with Crippen LogP contribution in [-0.4, -0.2) is 6.54 Å². The Bertz CT molecular complexity index is 356.